The lowest BCUT2D eigenvalue weighted by molar-refractivity contribution is -0.333. The van der Waals surface area contributed by atoms with Crippen LogP contribution >= 0.6 is 0 Å². The van der Waals surface area contributed by atoms with E-state index in [1.165, 1.54) is 0 Å². The Morgan fingerprint density at radius 1 is 0.938 bits per heavy atom. The van der Waals surface area contributed by atoms with E-state index in [1.54, 1.807) is 0 Å². The summed E-state index contributed by atoms with van der Waals surface area (Å²) in [4.78, 5) is 0. The Morgan fingerprint density at radius 2 is 1.44 bits per heavy atom. The maximum absolute atomic E-state index is 13.2. The summed E-state index contributed by atoms with van der Waals surface area (Å²) in [6, 6.07) is 0. The SMILES string of the molecule is FC(F)(F)COC1(F)CCC(F)(F)C1(F)F. The van der Waals surface area contributed by atoms with Gasteiger partial charge in [0.05, 0.1) is 0 Å². The molecule has 0 amide bonds. The van der Waals surface area contributed by atoms with E-state index in [4.69, 9.17) is 0 Å². The molecule has 16 heavy (non-hydrogen) atoms. The molecule has 1 unspecified atom stereocenters. The summed E-state index contributed by atoms with van der Waals surface area (Å²) in [6.07, 6.45) is -8.11. The first-order chi connectivity index (χ1) is 6.91. The molecular weight excluding hydrogens is 252 g/mol. The molecule has 0 aliphatic heterocycles. The van der Waals surface area contributed by atoms with Gasteiger partial charge >= 0.3 is 18.0 Å². The third-order valence-electron chi connectivity index (χ3n) is 2.15. The van der Waals surface area contributed by atoms with E-state index in [1.807, 2.05) is 0 Å². The third-order valence-corrected chi connectivity index (χ3v) is 2.15. The number of hydrogen-bond acceptors (Lipinski definition) is 1. The van der Waals surface area contributed by atoms with Crippen LogP contribution in [0.15, 0.2) is 0 Å². The fourth-order valence-corrected chi connectivity index (χ4v) is 1.26. The molecule has 0 N–H and O–H groups in total. The highest BCUT2D eigenvalue weighted by Gasteiger charge is 2.76. The van der Waals surface area contributed by atoms with Crippen molar-refractivity contribution >= 4 is 0 Å². The second kappa shape index (κ2) is 3.44. The van der Waals surface area contributed by atoms with Gasteiger partial charge in [-0.15, -0.1) is 0 Å². The predicted molar refractivity (Wildman–Crippen MR) is 35.0 cm³/mol. The van der Waals surface area contributed by atoms with Crippen molar-refractivity contribution in [3.05, 3.63) is 0 Å². The van der Waals surface area contributed by atoms with E-state index in [-0.39, 0.29) is 0 Å². The highest BCUT2D eigenvalue weighted by Crippen LogP contribution is 2.56. The first kappa shape index (κ1) is 13.5. The zero-order chi connectivity index (χ0) is 12.8. The summed E-state index contributed by atoms with van der Waals surface area (Å²) in [5, 5.41) is 0. The standard InChI is InChI=1S/C7H6F8O/c8-4(9)1-2-5(10,7(4,14)15)16-3-6(11,12)13/h1-3H2. The van der Waals surface area contributed by atoms with Crippen LogP contribution in [0.5, 0.6) is 0 Å². The second-order valence-corrected chi connectivity index (χ2v) is 3.41. The molecule has 0 spiro atoms. The van der Waals surface area contributed by atoms with E-state index in [9.17, 15) is 35.1 Å². The van der Waals surface area contributed by atoms with Gasteiger partial charge in [-0.05, 0) is 0 Å². The summed E-state index contributed by atoms with van der Waals surface area (Å²) in [5.41, 5.74) is 0. The van der Waals surface area contributed by atoms with Crippen molar-refractivity contribution in [3.63, 3.8) is 0 Å². The van der Waals surface area contributed by atoms with Crippen LogP contribution < -0.4 is 0 Å². The Balaban J connectivity index is 2.80. The van der Waals surface area contributed by atoms with Crippen LogP contribution in [-0.4, -0.2) is 30.5 Å². The van der Waals surface area contributed by atoms with Gasteiger partial charge in [-0.3, -0.25) is 0 Å². The zero-order valence-corrected chi connectivity index (χ0v) is 7.55. The monoisotopic (exact) mass is 258 g/mol. The van der Waals surface area contributed by atoms with Crippen molar-refractivity contribution < 1.29 is 39.9 Å². The average molecular weight is 258 g/mol. The first-order valence-corrected chi connectivity index (χ1v) is 4.07. The number of hydrogen-bond donors (Lipinski definition) is 0. The van der Waals surface area contributed by atoms with Gasteiger partial charge in [-0.25, -0.2) is 4.39 Å². The first-order valence-electron chi connectivity index (χ1n) is 4.07. The number of ether oxygens (including phenoxy) is 1. The summed E-state index contributed by atoms with van der Waals surface area (Å²) in [5.74, 6) is -14.2. The Morgan fingerprint density at radius 3 is 1.75 bits per heavy atom. The third kappa shape index (κ3) is 2.09. The molecule has 1 rings (SSSR count). The largest absolute Gasteiger partial charge is 0.411 e. The van der Waals surface area contributed by atoms with E-state index in [0.717, 1.165) is 0 Å². The number of halogens is 8. The molecular formula is C7H6F8O. The molecule has 1 aliphatic rings. The highest BCUT2D eigenvalue weighted by molar-refractivity contribution is 5.04. The molecule has 0 heterocycles. The maximum Gasteiger partial charge on any atom is 0.411 e. The summed E-state index contributed by atoms with van der Waals surface area (Å²) in [6.45, 7) is -2.34. The van der Waals surface area contributed by atoms with Crippen molar-refractivity contribution in [1.29, 1.82) is 0 Å². The van der Waals surface area contributed by atoms with Gasteiger partial charge < -0.3 is 4.74 Å². The molecule has 0 aromatic rings. The van der Waals surface area contributed by atoms with Gasteiger partial charge in [0.15, 0.2) is 0 Å². The van der Waals surface area contributed by atoms with Gasteiger partial charge in [-0.2, -0.15) is 30.7 Å². The van der Waals surface area contributed by atoms with E-state index in [2.05, 4.69) is 4.74 Å². The van der Waals surface area contributed by atoms with Gasteiger partial charge in [0.1, 0.15) is 6.61 Å². The Labute approximate surface area is 84.4 Å². The van der Waals surface area contributed by atoms with Gasteiger partial charge in [0.25, 0.3) is 5.85 Å². The molecule has 9 heteroatoms. The fourth-order valence-electron chi connectivity index (χ4n) is 1.26. The molecule has 1 atom stereocenters. The maximum atomic E-state index is 13.2. The lowest BCUT2D eigenvalue weighted by Crippen LogP contribution is -2.51. The number of alkyl halides is 8. The number of rotatable bonds is 2. The molecule has 1 aliphatic carbocycles. The van der Waals surface area contributed by atoms with Crippen molar-refractivity contribution in [3.8, 4) is 0 Å². The summed E-state index contributed by atoms with van der Waals surface area (Å²) >= 11 is 0. The van der Waals surface area contributed by atoms with Crippen LogP contribution in [0.25, 0.3) is 0 Å². The van der Waals surface area contributed by atoms with Crippen molar-refractivity contribution in [2.24, 2.45) is 0 Å². The predicted octanol–water partition coefficient (Wildman–Crippen LogP) is 3.30. The summed E-state index contributed by atoms with van der Waals surface area (Å²) in [7, 11) is 0. The van der Waals surface area contributed by atoms with Gasteiger partial charge in [-0.1, -0.05) is 0 Å². The summed E-state index contributed by atoms with van der Waals surface area (Å²) < 4.78 is 102. The molecule has 0 radical (unpaired) electrons. The van der Waals surface area contributed by atoms with Crippen molar-refractivity contribution in [2.75, 3.05) is 6.61 Å². The van der Waals surface area contributed by atoms with Crippen LogP contribution in [0.3, 0.4) is 0 Å². The molecule has 0 bridgehead atoms. The zero-order valence-electron chi connectivity index (χ0n) is 7.55. The lowest BCUT2D eigenvalue weighted by Gasteiger charge is -2.29. The second-order valence-electron chi connectivity index (χ2n) is 3.41. The smallest absolute Gasteiger partial charge is 0.331 e. The molecule has 0 aromatic carbocycles. The molecule has 1 saturated carbocycles. The molecule has 0 aromatic heterocycles. The van der Waals surface area contributed by atoms with Gasteiger partial charge in [0.2, 0.25) is 0 Å². The van der Waals surface area contributed by atoms with E-state index < -0.39 is 43.3 Å². The Kier molecular flexibility index (Phi) is 2.90. The average Bonchev–Trinajstić information content (AvgIpc) is 2.23. The minimum atomic E-state index is -5.26. The molecule has 1 nitrogen and oxygen atoms in total. The van der Waals surface area contributed by atoms with E-state index >= 15 is 0 Å². The lowest BCUT2D eigenvalue weighted by atomic mass is 10.2. The molecule has 96 valence electrons. The quantitative estimate of drug-likeness (QED) is 0.690. The minimum Gasteiger partial charge on any atom is -0.331 e. The Hall–Kier alpha value is -0.600. The minimum absolute atomic E-state index is 1.48. The molecule has 0 saturated heterocycles. The highest BCUT2D eigenvalue weighted by atomic mass is 19.4. The van der Waals surface area contributed by atoms with Crippen LogP contribution in [0.1, 0.15) is 12.8 Å². The topological polar surface area (TPSA) is 9.23 Å². The van der Waals surface area contributed by atoms with Crippen LogP contribution in [-0.2, 0) is 4.74 Å². The molecule has 1 fully saturated rings. The van der Waals surface area contributed by atoms with Crippen LogP contribution in [0, 0.1) is 0 Å². The van der Waals surface area contributed by atoms with E-state index in [0.29, 0.717) is 0 Å². The van der Waals surface area contributed by atoms with Crippen molar-refractivity contribution in [1.82, 2.24) is 0 Å². The normalized spacial score (nSPS) is 33.0. The Bertz CT molecular complexity index is 272. The van der Waals surface area contributed by atoms with Crippen LogP contribution in [0.4, 0.5) is 35.1 Å². The van der Waals surface area contributed by atoms with Gasteiger partial charge in [0, 0.05) is 12.8 Å². The fraction of sp³-hybridized carbons (Fsp3) is 1.00. The van der Waals surface area contributed by atoms with Crippen molar-refractivity contribution in [2.45, 2.75) is 36.7 Å². The van der Waals surface area contributed by atoms with Crippen LogP contribution in [0.2, 0.25) is 0 Å².